The molecule has 0 amide bonds. The van der Waals surface area contributed by atoms with Crippen LogP contribution in [0, 0.1) is 23.2 Å². The molecule has 0 bridgehead atoms. The second-order valence-corrected chi connectivity index (χ2v) is 8.77. The summed E-state index contributed by atoms with van der Waals surface area (Å²) in [7, 11) is 0. The highest BCUT2D eigenvalue weighted by molar-refractivity contribution is 5.82. The first-order valence-electron chi connectivity index (χ1n) is 10.1. The van der Waals surface area contributed by atoms with Gasteiger partial charge in [0.05, 0.1) is 0 Å². The predicted octanol–water partition coefficient (Wildman–Crippen LogP) is 6.00. The average molecular weight is 312 g/mol. The van der Waals surface area contributed by atoms with Gasteiger partial charge in [0.1, 0.15) is 5.78 Å². The van der Waals surface area contributed by atoms with E-state index in [1.807, 2.05) is 0 Å². The van der Waals surface area contributed by atoms with Crippen LogP contribution in [0.5, 0.6) is 0 Å². The number of fused-ring (bicyclic) bond motifs is 4. The molecule has 0 N–H and O–H groups in total. The number of Topliss-reactive ketones (excluding diaryl/α,β-unsaturated/α-hetero) is 1. The maximum absolute atomic E-state index is 11.8. The van der Waals surface area contributed by atoms with Gasteiger partial charge in [-0.05, 0) is 74.5 Å². The van der Waals surface area contributed by atoms with Crippen LogP contribution in [0.3, 0.4) is 0 Å². The Hall–Kier alpha value is -0.850. The number of unbranched alkanes of at least 4 members (excludes halogenated alkanes) is 1. The molecular formula is C22H32O. The molecule has 0 aromatic carbocycles. The first kappa shape index (κ1) is 15.7. The van der Waals surface area contributed by atoms with Gasteiger partial charge in [0.25, 0.3) is 0 Å². The summed E-state index contributed by atoms with van der Waals surface area (Å²) in [6.07, 6.45) is 16.0. The monoisotopic (exact) mass is 312 g/mol. The molecule has 0 aromatic heterocycles. The summed E-state index contributed by atoms with van der Waals surface area (Å²) < 4.78 is 0. The van der Waals surface area contributed by atoms with Gasteiger partial charge in [0.15, 0.2) is 0 Å². The van der Waals surface area contributed by atoms with Gasteiger partial charge in [0.2, 0.25) is 0 Å². The smallest absolute Gasteiger partial charge is 0.137 e. The van der Waals surface area contributed by atoms with Gasteiger partial charge >= 0.3 is 0 Å². The average Bonchev–Trinajstić information content (AvgIpc) is 2.89. The van der Waals surface area contributed by atoms with Crippen LogP contribution in [0.1, 0.15) is 84.5 Å². The van der Waals surface area contributed by atoms with Crippen LogP contribution in [0.4, 0.5) is 0 Å². The Morgan fingerprint density at radius 3 is 2.83 bits per heavy atom. The van der Waals surface area contributed by atoms with Gasteiger partial charge in [-0.2, -0.15) is 0 Å². The number of carbonyl (C=O) groups is 1. The van der Waals surface area contributed by atoms with Crippen molar-refractivity contribution in [2.45, 2.75) is 84.5 Å². The molecular weight excluding hydrogens is 280 g/mol. The standard InChI is InChI=1S/C22H32O/c1-3-4-5-16-7-11-21-20-9-6-15-14-17(23)8-10-18(15)19(20)12-13-22(16,21)2/h5,19-21H,3-4,6-14H2,1-2H3/t19-,20-,21+,22-/m1/s1. The van der Waals surface area contributed by atoms with Gasteiger partial charge < -0.3 is 0 Å². The summed E-state index contributed by atoms with van der Waals surface area (Å²) in [5.74, 6) is 3.15. The molecule has 4 atom stereocenters. The first-order valence-corrected chi connectivity index (χ1v) is 10.1. The molecule has 0 spiro atoms. The van der Waals surface area contributed by atoms with Crippen LogP contribution in [-0.2, 0) is 4.79 Å². The third-order valence-corrected chi connectivity index (χ3v) is 7.73. The van der Waals surface area contributed by atoms with E-state index in [1.165, 1.54) is 51.4 Å². The van der Waals surface area contributed by atoms with E-state index in [-0.39, 0.29) is 0 Å². The summed E-state index contributed by atoms with van der Waals surface area (Å²) in [4.78, 5) is 11.8. The molecule has 0 radical (unpaired) electrons. The summed E-state index contributed by atoms with van der Waals surface area (Å²) in [5.41, 5.74) is 5.60. The molecule has 0 aromatic rings. The molecule has 126 valence electrons. The second-order valence-electron chi connectivity index (χ2n) is 8.77. The quantitative estimate of drug-likeness (QED) is 0.572. The molecule has 0 aliphatic heterocycles. The van der Waals surface area contributed by atoms with Crippen molar-refractivity contribution >= 4 is 5.78 Å². The van der Waals surface area contributed by atoms with Crippen molar-refractivity contribution < 1.29 is 4.79 Å². The van der Waals surface area contributed by atoms with Crippen molar-refractivity contribution in [2.75, 3.05) is 0 Å². The zero-order chi connectivity index (χ0) is 16.0. The highest BCUT2D eigenvalue weighted by atomic mass is 16.1. The van der Waals surface area contributed by atoms with Crippen LogP contribution in [0.2, 0.25) is 0 Å². The van der Waals surface area contributed by atoms with E-state index in [9.17, 15) is 4.79 Å². The normalized spacial score (nSPS) is 41.7. The molecule has 0 saturated heterocycles. The van der Waals surface area contributed by atoms with E-state index in [2.05, 4.69) is 19.9 Å². The minimum atomic E-state index is 0.494. The van der Waals surface area contributed by atoms with Gasteiger partial charge in [-0.15, -0.1) is 0 Å². The van der Waals surface area contributed by atoms with Crippen molar-refractivity contribution in [1.29, 1.82) is 0 Å². The summed E-state index contributed by atoms with van der Waals surface area (Å²) in [6, 6.07) is 0. The lowest BCUT2D eigenvalue weighted by Crippen LogP contribution is -2.42. The number of ketones is 1. The molecule has 0 unspecified atom stereocenters. The number of rotatable bonds is 2. The van der Waals surface area contributed by atoms with E-state index in [0.717, 1.165) is 37.0 Å². The van der Waals surface area contributed by atoms with Gasteiger partial charge in [-0.1, -0.05) is 43.1 Å². The molecule has 4 rings (SSSR count). The Kier molecular flexibility index (Phi) is 4.02. The van der Waals surface area contributed by atoms with Crippen molar-refractivity contribution in [2.24, 2.45) is 23.2 Å². The second kappa shape index (κ2) is 5.90. The Labute approximate surface area is 141 Å². The molecule has 0 heterocycles. The maximum Gasteiger partial charge on any atom is 0.137 e. The fourth-order valence-electron chi connectivity index (χ4n) is 6.55. The lowest BCUT2D eigenvalue weighted by Gasteiger charge is -2.51. The lowest BCUT2D eigenvalue weighted by molar-refractivity contribution is -0.119. The number of allylic oxidation sites excluding steroid dienone is 4. The largest absolute Gasteiger partial charge is 0.299 e. The minimum absolute atomic E-state index is 0.494. The highest BCUT2D eigenvalue weighted by Gasteiger charge is 2.52. The van der Waals surface area contributed by atoms with Crippen molar-refractivity contribution in [3.63, 3.8) is 0 Å². The minimum Gasteiger partial charge on any atom is -0.299 e. The fraction of sp³-hybridized carbons (Fsp3) is 0.773. The van der Waals surface area contributed by atoms with Crippen molar-refractivity contribution in [3.8, 4) is 0 Å². The van der Waals surface area contributed by atoms with Crippen molar-refractivity contribution in [3.05, 3.63) is 22.8 Å². The van der Waals surface area contributed by atoms with Gasteiger partial charge in [-0.3, -0.25) is 4.79 Å². The van der Waals surface area contributed by atoms with E-state index in [0.29, 0.717) is 11.2 Å². The Morgan fingerprint density at radius 1 is 1.13 bits per heavy atom. The van der Waals surface area contributed by atoms with Crippen LogP contribution in [0.15, 0.2) is 22.8 Å². The molecule has 1 heteroatoms. The maximum atomic E-state index is 11.8. The highest BCUT2D eigenvalue weighted by Crippen LogP contribution is 2.62. The summed E-state index contributed by atoms with van der Waals surface area (Å²) >= 11 is 0. The number of hydrogen-bond acceptors (Lipinski definition) is 1. The Morgan fingerprint density at radius 2 is 2.00 bits per heavy atom. The van der Waals surface area contributed by atoms with Crippen LogP contribution in [0.25, 0.3) is 0 Å². The lowest BCUT2D eigenvalue weighted by atomic mass is 9.54. The van der Waals surface area contributed by atoms with Gasteiger partial charge in [-0.25, -0.2) is 0 Å². The van der Waals surface area contributed by atoms with E-state index < -0.39 is 0 Å². The topological polar surface area (TPSA) is 17.1 Å². The molecule has 4 aliphatic carbocycles. The summed E-state index contributed by atoms with van der Waals surface area (Å²) in [5, 5.41) is 0. The Bertz CT molecular complexity index is 567. The van der Waals surface area contributed by atoms with Crippen LogP contribution >= 0.6 is 0 Å². The third kappa shape index (κ3) is 2.46. The van der Waals surface area contributed by atoms with E-state index in [1.54, 1.807) is 16.7 Å². The van der Waals surface area contributed by atoms with Crippen molar-refractivity contribution in [1.82, 2.24) is 0 Å². The molecule has 1 nitrogen and oxygen atoms in total. The zero-order valence-corrected chi connectivity index (χ0v) is 15.0. The zero-order valence-electron chi connectivity index (χ0n) is 15.0. The molecule has 4 aliphatic rings. The van der Waals surface area contributed by atoms with Crippen LogP contribution < -0.4 is 0 Å². The van der Waals surface area contributed by atoms with E-state index in [4.69, 9.17) is 0 Å². The third-order valence-electron chi connectivity index (χ3n) is 7.73. The van der Waals surface area contributed by atoms with Gasteiger partial charge in [0, 0.05) is 12.8 Å². The fourth-order valence-corrected chi connectivity index (χ4v) is 6.55. The molecule has 2 saturated carbocycles. The number of hydrogen-bond donors (Lipinski definition) is 0. The molecule has 23 heavy (non-hydrogen) atoms. The number of carbonyl (C=O) groups excluding carboxylic acids is 1. The van der Waals surface area contributed by atoms with Crippen LogP contribution in [-0.4, -0.2) is 5.78 Å². The predicted molar refractivity (Wildman–Crippen MR) is 95.2 cm³/mol. The SMILES string of the molecule is CCCC=C1CC[C@H]2[C@@H]3CCC4=C(CCC(=O)C4)[C@H]3CC[C@]12C. The Balaban J connectivity index is 1.60. The summed E-state index contributed by atoms with van der Waals surface area (Å²) in [6.45, 7) is 4.87. The molecule has 2 fully saturated rings. The first-order chi connectivity index (χ1) is 11.1. The van der Waals surface area contributed by atoms with E-state index >= 15 is 0 Å².